The Balaban J connectivity index is 1.75. The third-order valence-corrected chi connectivity index (χ3v) is 6.66. The number of amides is 2. The molecule has 0 unspecified atom stereocenters. The Bertz CT molecular complexity index is 927. The van der Waals surface area contributed by atoms with Crippen molar-refractivity contribution in [1.82, 2.24) is 5.32 Å². The van der Waals surface area contributed by atoms with Crippen LogP contribution in [0.25, 0.3) is 0 Å². The number of hydrogen-bond acceptors (Lipinski definition) is 2. The van der Waals surface area contributed by atoms with Gasteiger partial charge in [0.05, 0.1) is 11.5 Å². The molecule has 1 aliphatic heterocycles. The summed E-state index contributed by atoms with van der Waals surface area (Å²) in [7, 11) is 0. The second-order valence-electron chi connectivity index (χ2n) is 8.44. The zero-order valence-electron chi connectivity index (χ0n) is 16.0. The molecule has 2 amide bonds. The van der Waals surface area contributed by atoms with Crippen molar-refractivity contribution in [3.63, 3.8) is 0 Å². The molecule has 3 N–H and O–H groups in total. The second-order valence-corrected chi connectivity index (χ2v) is 9.31. The van der Waals surface area contributed by atoms with E-state index in [1.54, 1.807) is 0 Å². The molecule has 2 aromatic carbocycles. The number of carbonyl (C=O) groups is 2. The van der Waals surface area contributed by atoms with Crippen LogP contribution in [0.4, 0.5) is 0 Å². The number of hydrogen-bond donors (Lipinski definition) is 2. The molecule has 0 spiro atoms. The predicted octanol–water partition coefficient (Wildman–Crippen LogP) is 5.00. The maximum absolute atomic E-state index is 13.3. The van der Waals surface area contributed by atoms with E-state index in [1.807, 2.05) is 48.5 Å². The van der Waals surface area contributed by atoms with E-state index in [0.717, 1.165) is 24.0 Å². The average Bonchev–Trinajstić information content (AvgIpc) is 3.48. The molecule has 1 saturated heterocycles. The van der Waals surface area contributed by atoms with Crippen LogP contribution in [0.15, 0.2) is 48.5 Å². The quantitative estimate of drug-likeness (QED) is 0.676. The minimum Gasteiger partial charge on any atom is -0.370 e. The van der Waals surface area contributed by atoms with Crippen LogP contribution < -0.4 is 11.1 Å². The Morgan fingerprint density at radius 3 is 2.41 bits per heavy atom. The summed E-state index contributed by atoms with van der Waals surface area (Å²) in [6, 6.07) is 15.0. The van der Waals surface area contributed by atoms with Crippen LogP contribution in [0.2, 0.25) is 10.0 Å². The van der Waals surface area contributed by atoms with Gasteiger partial charge in [-0.1, -0.05) is 60.3 Å². The van der Waals surface area contributed by atoms with Gasteiger partial charge < -0.3 is 11.1 Å². The molecule has 0 aromatic heterocycles. The van der Waals surface area contributed by atoms with Gasteiger partial charge in [-0.2, -0.15) is 0 Å². The highest BCUT2D eigenvalue weighted by atomic mass is 35.5. The maximum atomic E-state index is 13.3. The van der Waals surface area contributed by atoms with E-state index < -0.39 is 11.3 Å². The molecular weight excluding hydrogens is 407 g/mol. The Kier molecular flexibility index (Phi) is 5.58. The van der Waals surface area contributed by atoms with Crippen LogP contribution in [-0.4, -0.2) is 11.8 Å². The highest BCUT2D eigenvalue weighted by Crippen LogP contribution is 2.52. The molecule has 4 nitrogen and oxygen atoms in total. The first-order valence-corrected chi connectivity index (χ1v) is 10.7. The number of nitrogens with two attached hydrogens (primary N) is 1. The van der Waals surface area contributed by atoms with Crippen LogP contribution in [0.3, 0.4) is 0 Å². The summed E-state index contributed by atoms with van der Waals surface area (Å²) in [5, 5.41) is 4.51. The van der Waals surface area contributed by atoms with E-state index >= 15 is 0 Å². The molecule has 0 bridgehead atoms. The summed E-state index contributed by atoms with van der Waals surface area (Å²) in [5.41, 5.74) is 6.83. The van der Waals surface area contributed by atoms with Crippen LogP contribution in [0.1, 0.15) is 55.2 Å². The second kappa shape index (κ2) is 8.00. The minimum atomic E-state index is -0.775. The lowest BCUT2D eigenvalue weighted by molar-refractivity contribution is -0.141. The van der Waals surface area contributed by atoms with E-state index in [4.69, 9.17) is 28.9 Å². The highest BCUT2D eigenvalue weighted by Gasteiger charge is 2.51. The van der Waals surface area contributed by atoms with Crippen LogP contribution >= 0.6 is 23.2 Å². The molecule has 3 atom stereocenters. The zero-order chi connectivity index (χ0) is 20.6. The van der Waals surface area contributed by atoms with Gasteiger partial charge in [0.25, 0.3) is 0 Å². The lowest BCUT2D eigenvalue weighted by Crippen LogP contribution is -2.52. The van der Waals surface area contributed by atoms with E-state index in [1.165, 1.54) is 0 Å². The zero-order valence-corrected chi connectivity index (χ0v) is 17.5. The fourth-order valence-corrected chi connectivity index (χ4v) is 4.99. The van der Waals surface area contributed by atoms with E-state index in [2.05, 4.69) is 5.32 Å². The Labute approximate surface area is 180 Å². The fourth-order valence-electron chi connectivity index (χ4n) is 4.67. The van der Waals surface area contributed by atoms with Crippen LogP contribution in [-0.2, 0) is 9.59 Å². The molecule has 29 heavy (non-hydrogen) atoms. The number of nitrogens with one attached hydrogen (secondary N) is 1. The predicted molar refractivity (Wildman–Crippen MR) is 115 cm³/mol. The summed E-state index contributed by atoms with van der Waals surface area (Å²) < 4.78 is 0. The molecular formula is C23H24Cl2N2O2. The maximum Gasteiger partial charge on any atom is 0.227 e. The Morgan fingerprint density at radius 1 is 1.07 bits per heavy atom. The van der Waals surface area contributed by atoms with Crippen molar-refractivity contribution < 1.29 is 9.59 Å². The van der Waals surface area contributed by atoms with Crippen molar-refractivity contribution in [2.75, 3.05) is 0 Å². The van der Waals surface area contributed by atoms with Crippen molar-refractivity contribution >= 4 is 35.0 Å². The number of piperidine rings is 1. The average molecular weight is 431 g/mol. The van der Waals surface area contributed by atoms with Gasteiger partial charge in [-0.3, -0.25) is 9.59 Å². The summed E-state index contributed by atoms with van der Waals surface area (Å²) >= 11 is 12.3. The molecule has 1 aliphatic carbocycles. The highest BCUT2D eigenvalue weighted by molar-refractivity contribution is 6.30. The molecule has 4 rings (SSSR count). The third kappa shape index (κ3) is 4.44. The number of benzene rings is 2. The standard InChI is InChI=1S/C23H24Cl2N2O2/c24-17-8-6-15(7-9-17)21-19(16-2-1-3-18(25)10-16)12-23(13-20(26)28,22(29)27-21)11-14-4-5-14/h1-3,6-10,14,19,21H,4-5,11-13H2,(H2,26,28)(H,27,29)/t19-,21-,23+/m1/s1. The minimum absolute atomic E-state index is 0.0225. The summed E-state index contributed by atoms with van der Waals surface area (Å²) in [6.07, 6.45) is 3.55. The van der Waals surface area contributed by atoms with Gasteiger partial charge in [0, 0.05) is 22.4 Å². The number of carbonyl (C=O) groups excluding carboxylic acids is 2. The van der Waals surface area contributed by atoms with Gasteiger partial charge in [-0.25, -0.2) is 0 Å². The fraction of sp³-hybridized carbons (Fsp3) is 0.391. The molecule has 152 valence electrons. The Morgan fingerprint density at radius 2 is 1.79 bits per heavy atom. The monoisotopic (exact) mass is 430 g/mol. The molecule has 2 fully saturated rings. The van der Waals surface area contributed by atoms with Gasteiger partial charge >= 0.3 is 0 Å². The molecule has 2 aliphatic rings. The normalized spacial score (nSPS) is 26.8. The Hall–Kier alpha value is -2.04. The first kappa shape index (κ1) is 20.2. The summed E-state index contributed by atoms with van der Waals surface area (Å²) in [4.78, 5) is 25.3. The molecule has 1 saturated carbocycles. The summed E-state index contributed by atoms with van der Waals surface area (Å²) in [6.45, 7) is 0. The van der Waals surface area contributed by atoms with Gasteiger partial charge in [0.15, 0.2) is 0 Å². The first-order chi connectivity index (χ1) is 13.9. The van der Waals surface area contributed by atoms with E-state index in [0.29, 0.717) is 28.8 Å². The lowest BCUT2D eigenvalue weighted by Gasteiger charge is -2.44. The smallest absolute Gasteiger partial charge is 0.227 e. The van der Waals surface area contributed by atoms with Crippen molar-refractivity contribution in [3.8, 4) is 0 Å². The largest absolute Gasteiger partial charge is 0.370 e. The lowest BCUT2D eigenvalue weighted by atomic mass is 9.65. The van der Waals surface area contributed by atoms with E-state index in [-0.39, 0.29) is 24.3 Å². The van der Waals surface area contributed by atoms with Gasteiger partial charge in [-0.05, 0) is 54.2 Å². The number of rotatable bonds is 6. The van der Waals surface area contributed by atoms with Gasteiger partial charge in [0.2, 0.25) is 11.8 Å². The topological polar surface area (TPSA) is 72.2 Å². The third-order valence-electron chi connectivity index (χ3n) is 6.18. The van der Waals surface area contributed by atoms with Crippen molar-refractivity contribution in [3.05, 3.63) is 69.7 Å². The number of halogens is 2. The first-order valence-electron chi connectivity index (χ1n) is 9.96. The van der Waals surface area contributed by atoms with Crippen molar-refractivity contribution in [2.45, 2.75) is 44.1 Å². The molecule has 2 aromatic rings. The van der Waals surface area contributed by atoms with Gasteiger partial charge in [-0.15, -0.1) is 0 Å². The SMILES string of the molecule is NC(=O)C[C@]1(CC2CC2)C[C@H](c2cccc(Cl)c2)[C@@H](c2ccc(Cl)cc2)NC1=O. The van der Waals surface area contributed by atoms with Crippen LogP contribution in [0.5, 0.6) is 0 Å². The van der Waals surface area contributed by atoms with Crippen molar-refractivity contribution in [1.29, 1.82) is 0 Å². The molecule has 0 radical (unpaired) electrons. The van der Waals surface area contributed by atoms with E-state index in [9.17, 15) is 9.59 Å². The molecule has 6 heteroatoms. The number of primary amides is 1. The molecule has 1 heterocycles. The summed E-state index contributed by atoms with van der Waals surface area (Å²) in [5.74, 6) is -0.0464. The van der Waals surface area contributed by atoms with Gasteiger partial charge in [0.1, 0.15) is 0 Å². The van der Waals surface area contributed by atoms with Crippen LogP contribution in [0, 0.1) is 11.3 Å². The van der Waals surface area contributed by atoms with Crippen molar-refractivity contribution in [2.24, 2.45) is 17.1 Å².